The van der Waals surface area contributed by atoms with Crippen LogP contribution in [0.1, 0.15) is 35.3 Å². The number of carbonyl (C=O) groups excluding carboxylic acids is 1. The number of hydrogen-bond acceptors (Lipinski definition) is 6. The monoisotopic (exact) mass is 447 g/mol. The summed E-state index contributed by atoms with van der Waals surface area (Å²) in [7, 11) is -2.65. The zero-order valence-electron chi connectivity index (χ0n) is 17.5. The van der Waals surface area contributed by atoms with E-state index in [9.17, 15) is 18.0 Å². The minimum absolute atomic E-state index is 0.0608. The minimum atomic E-state index is -3.97. The quantitative estimate of drug-likeness (QED) is 0.425. The Bertz CT molecular complexity index is 1070. The van der Waals surface area contributed by atoms with Crippen LogP contribution in [0.5, 0.6) is 5.75 Å². The highest BCUT2D eigenvalue weighted by Crippen LogP contribution is 2.25. The van der Waals surface area contributed by atoms with Crippen molar-refractivity contribution < 1.29 is 32.6 Å². The standard InChI is InChI=1S/C22H25NO7S/c1-4-30-21(24)13-15(2)17-7-5-16(6-8-17)11-12-23-31(27,28)20-14-18(22(25)26)9-10-19(20)29-3/h5-10,13-14,23H,4,11-12H2,1-3H3,(H,25,26). The Morgan fingerprint density at radius 1 is 1.10 bits per heavy atom. The number of nitrogens with one attached hydrogen (secondary N) is 1. The van der Waals surface area contributed by atoms with Crippen LogP contribution in [0, 0.1) is 0 Å². The van der Waals surface area contributed by atoms with Gasteiger partial charge in [-0.05, 0) is 55.2 Å². The SMILES string of the molecule is CCOC(=O)C=C(C)c1ccc(CCNS(=O)(=O)c2cc(C(=O)O)ccc2OC)cc1. The normalized spacial score (nSPS) is 11.8. The summed E-state index contributed by atoms with van der Waals surface area (Å²) in [4.78, 5) is 22.5. The average molecular weight is 448 g/mol. The van der Waals surface area contributed by atoms with Crippen LogP contribution in [0.3, 0.4) is 0 Å². The third-order valence-corrected chi connectivity index (χ3v) is 5.92. The number of rotatable bonds is 10. The highest BCUT2D eigenvalue weighted by atomic mass is 32.2. The van der Waals surface area contributed by atoms with Crippen LogP contribution in [-0.4, -0.2) is 45.7 Å². The molecule has 0 saturated carbocycles. The zero-order valence-corrected chi connectivity index (χ0v) is 18.4. The lowest BCUT2D eigenvalue weighted by molar-refractivity contribution is -0.137. The molecule has 2 aromatic rings. The van der Waals surface area contributed by atoms with E-state index in [4.69, 9.17) is 14.6 Å². The van der Waals surface area contributed by atoms with E-state index in [-0.39, 0.29) is 22.8 Å². The van der Waals surface area contributed by atoms with Gasteiger partial charge in [0.15, 0.2) is 0 Å². The van der Waals surface area contributed by atoms with E-state index in [0.29, 0.717) is 13.0 Å². The van der Waals surface area contributed by atoms with Gasteiger partial charge < -0.3 is 14.6 Å². The number of methoxy groups -OCH3 is 1. The van der Waals surface area contributed by atoms with Crippen LogP contribution >= 0.6 is 0 Å². The van der Waals surface area contributed by atoms with Gasteiger partial charge in [-0.15, -0.1) is 0 Å². The molecule has 0 radical (unpaired) electrons. The van der Waals surface area contributed by atoms with E-state index in [0.717, 1.165) is 22.8 Å². The summed E-state index contributed by atoms with van der Waals surface area (Å²) >= 11 is 0. The summed E-state index contributed by atoms with van der Waals surface area (Å²) < 4.78 is 37.7. The van der Waals surface area contributed by atoms with Crippen LogP contribution in [0.4, 0.5) is 0 Å². The summed E-state index contributed by atoms with van der Waals surface area (Å²) in [6.07, 6.45) is 1.84. The largest absolute Gasteiger partial charge is 0.495 e. The predicted molar refractivity (Wildman–Crippen MR) is 116 cm³/mol. The second-order valence-electron chi connectivity index (χ2n) is 6.59. The number of sulfonamides is 1. The summed E-state index contributed by atoms with van der Waals surface area (Å²) in [6, 6.07) is 11.0. The van der Waals surface area contributed by atoms with Gasteiger partial charge in [0.1, 0.15) is 10.6 Å². The van der Waals surface area contributed by atoms with Gasteiger partial charge in [0.25, 0.3) is 0 Å². The molecule has 0 atom stereocenters. The average Bonchev–Trinajstić information content (AvgIpc) is 2.73. The Hall–Kier alpha value is -3.17. The van der Waals surface area contributed by atoms with Crippen molar-refractivity contribution in [3.05, 3.63) is 65.2 Å². The maximum Gasteiger partial charge on any atom is 0.335 e. The van der Waals surface area contributed by atoms with Gasteiger partial charge >= 0.3 is 11.9 Å². The fourth-order valence-electron chi connectivity index (χ4n) is 2.81. The summed E-state index contributed by atoms with van der Waals surface area (Å²) in [6.45, 7) is 3.96. The third-order valence-electron chi connectivity index (χ3n) is 4.44. The Balaban J connectivity index is 2.05. The molecule has 8 nitrogen and oxygen atoms in total. The Kier molecular flexibility index (Phi) is 8.35. The molecule has 0 amide bonds. The number of carboxylic acids is 1. The van der Waals surface area contributed by atoms with Crippen molar-refractivity contribution in [1.82, 2.24) is 4.72 Å². The smallest absolute Gasteiger partial charge is 0.335 e. The summed E-state index contributed by atoms with van der Waals surface area (Å²) in [5.41, 5.74) is 2.35. The molecule has 2 aromatic carbocycles. The van der Waals surface area contributed by atoms with Crippen molar-refractivity contribution in [3.63, 3.8) is 0 Å². The number of esters is 1. The van der Waals surface area contributed by atoms with Crippen molar-refractivity contribution >= 4 is 27.5 Å². The van der Waals surface area contributed by atoms with Crippen molar-refractivity contribution in [2.45, 2.75) is 25.2 Å². The van der Waals surface area contributed by atoms with Gasteiger partial charge in [0.05, 0.1) is 19.3 Å². The molecule has 0 spiro atoms. The van der Waals surface area contributed by atoms with E-state index in [2.05, 4.69) is 4.72 Å². The molecular formula is C22H25NO7S. The molecule has 0 aliphatic carbocycles. The fraction of sp³-hybridized carbons (Fsp3) is 0.273. The van der Waals surface area contributed by atoms with Crippen molar-refractivity contribution in [2.24, 2.45) is 0 Å². The van der Waals surface area contributed by atoms with Gasteiger partial charge in [-0.1, -0.05) is 24.3 Å². The minimum Gasteiger partial charge on any atom is -0.495 e. The lowest BCUT2D eigenvalue weighted by Gasteiger charge is -2.12. The molecule has 0 saturated heterocycles. The molecule has 2 rings (SSSR count). The Labute approximate surface area is 181 Å². The number of ether oxygens (including phenoxy) is 2. The molecule has 166 valence electrons. The molecule has 0 aliphatic rings. The van der Waals surface area contributed by atoms with Gasteiger partial charge in [0.2, 0.25) is 10.0 Å². The molecule has 2 N–H and O–H groups in total. The molecule has 0 unspecified atom stereocenters. The molecule has 0 aromatic heterocycles. The fourth-order valence-corrected chi connectivity index (χ4v) is 4.03. The Morgan fingerprint density at radius 3 is 2.32 bits per heavy atom. The molecule has 9 heteroatoms. The highest BCUT2D eigenvalue weighted by molar-refractivity contribution is 7.89. The number of benzene rings is 2. The second-order valence-corrected chi connectivity index (χ2v) is 8.33. The molecule has 0 heterocycles. The van der Waals surface area contributed by atoms with Gasteiger partial charge in [-0.2, -0.15) is 0 Å². The number of hydrogen-bond donors (Lipinski definition) is 2. The molecule has 0 fully saturated rings. The van der Waals surface area contributed by atoms with Crippen LogP contribution in [0.15, 0.2) is 53.4 Å². The van der Waals surface area contributed by atoms with Crippen LogP contribution in [-0.2, 0) is 26.0 Å². The first-order valence-corrected chi connectivity index (χ1v) is 11.0. The number of aromatic carboxylic acids is 1. The van der Waals surface area contributed by atoms with E-state index in [1.807, 2.05) is 24.3 Å². The van der Waals surface area contributed by atoms with Gasteiger partial charge in [-0.3, -0.25) is 0 Å². The predicted octanol–water partition coefficient (Wildman–Crippen LogP) is 2.88. The van der Waals surface area contributed by atoms with E-state index >= 15 is 0 Å². The summed E-state index contributed by atoms with van der Waals surface area (Å²) in [5, 5.41) is 9.11. The van der Waals surface area contributed by atoms with E-state index in [1.54, 1.807) is 13.8 Å². The third kappa shape index (κ3) is 6.66. The lowest BCUT2D eigenvalue weighted by Crippen LogP contribution is -2.26. The van der Waals surface area contributed by atoms with Crippen molar-refractivity contribution in [2.75, 3.05) is 20.3 Å². The first-order valence-electron chi connectivity index (χ1n) is 9.53. The number of carbonyl (C=O) groups is 2. The Morgan fingerprint density at radius 2 is 1.74 bits per heavy atom. The van der Waals surface area contributed by atoms with Gasteiger partial charge in [0, 0.05) is 12.6 Å². The van der Waals surface area contributed by atoms with Crippen LogP contribution in [0.25, 0.3) is 5.57 Å². The second kappa shape index (κ2) is 10.7. The molecular weight excluding hydrogens is 422 g/mol. The van der Waals surface area contributed by atoms with Crippen LogP contribution in [0.2, 0.25) is 0 Å². The maximum atomic E-state index is 12.6. The van der Waals surface area contributed by atoms with Crippen LogP contribution < -0.4 is 9.46 Å². The van der Waals surface area contributed by atoms with Crippen molar-refractivity contribution in [3.8, 4) is 5.75 Å². The molecule has 0 aliphatic heterocycles. The maximum absolute atomic E-state index is 12.6. The topological polar surface area (TPSA) is 119 Å². The number of carboxylic acid groups (broad SMARTS) is 1. The first-order chi connectivity index (χ1) is 14.7. The van der Waals surface area contributed by atoms with Crippen molar-refractivity contribution in [1.29, 1.82) is 0 Å². The van der Waals surface area contributed by atoms with E-state index in [1.165, 1.54) is 25.3 Å². The van der Waals surface area contributed by atoms with Gasteiger partial charge in [-0.25, -0.2) is 22.7 Å². The lowest BCUT2D eigenvalue weighted by atomic mass is 10.0. The first kappa shape index (κ1) is 24.1. The molecule has 31 heavy (non-hydrogen) atoms. The number of allylic oxidation sites excluding steroid dienone is 1. The summed E-state index contributed by atoms with van der Waals surface area (Å²) in [5.74, 6) is -1.57. The molecule has 0 bridgehead atoms. The zero-order chi connectivity index (χ0) is 23.0. The highest BCUT2D eigenvalue weighted by Gasteiger charge is 2.21. The van der Waals surface area contributed by atoms with E-state index < -0.39 is 22.0 Å².